The molecule has 4 fully saturated rings. The molecule has 0 aromatic rings. The van der Waals surface area contributed by atoms with Crippen molar-refractivity contribution in [2.45, 2.75) is 44.1 Å². The highest BCUT2D eigenvalue weighted by molar-refractivity contribution is 5.05. The van der Waals surface area contributed by atoms with Crippen LogP contribution in [0.15, 0.2) is 0 Å². The fourth-order valence-electron chi connectivity index (χ4n) is 4.57. The fraction of sp³-hybridized carbons (Fsp3) is 1.00. The minimum absolute atomic E-state index is 0.222. The lowest BCUT2D eigenvalue weighted by atomic mass is 9.53. The zero-order valence-corrected chi connectivity index (χ0v) is 9.34. The molecule has 3 N–H and O–H groups in total. The predicted molar refractivity (Wildman–Crippen MR) is 59.1 cm³/mol. The number of nitrogens with one attached hydrogen (secondary N) is 2. The Bertz CT molecular complexity index is 206. The van der Waals surface area contributed by atoms with Crippen molar-refractivity contribution in [2.24, 2.45) is 17.8 Å². The number of aliphatic hydroxyl groups is 1. The third-order valence-electron chi connectivity index (χ3n) is 4.63. The van der Waals surface area contributed by atoms with Crippen LogP contribution >= 0.6 is 0 Å². The maximum Gasteiger partial charge on any atom is 0.0569 e. The summed E-state index contributed by atoms with van der Waals surface area (Å²) in [5, 5.41) is 8.78. The van der Waals surface area contributed by atoms with Crippen molar-refractivity contribution in [3.63, 3.8) is 0 Å². The van der Waals surface area contributed by atoms with Gasteiger partial charge in [0.25, 0.3) is 0 Å². The summed E-state index contributed by atoms with van der Waals surface area (Å²) in [7, 11) is 0. The Kier molecular flexibility index (Phi) is 2.49. The number of hydrazine groups is 1. The van der Waals surface area contributed by atoms with Crippen LogP contribution in [0.2, 0.25) is 0 Å². The van der Waals surface area contributed by atoms with E-state index in [9.17, 15) is 0 Å². The van der Waals surface area contributed by atoms with Crippen molar-refractivity contribution < 1.29 is 5.11 Å². The highest BCUT2D eigenvalue weighted by Gasteiger charge is 2.50. The van der Waals surface area contributed by atoms with E-state index in [0.29, 0.717) is 12.1 Å². The second-order valence-corrected chi connectivity index (χ2v) is 5.97. The van der Waals surface area contributed by atoms with Crippen LogP contribution in [0.3, 0.4) is 0 Å². The third kappa shape index (κ3) is 1.81. The van der Waals surface area contributed by atoms with E-state index in [1.54, 1.807) is 0 Å². The summed E-state index contributed by atoms with van der Waals surface area (Å²) in [6, 6.07) is 0. The van der Waals surface area contributed by atoms with Gasteiger partial charge in [0.15, 0.2) is 0 Å². The van der Waals surface area contributed by atoms with E-state index in [1.807, 2.05) is 0 Å². The SMILES string of the molecule is OCCNNC12CC3CC(CC(C3)C1)C2. The minimum Gasteiger partial charge on any atom is -0.395 e. The maximum atomic E-state index is 8.78. The summed E-state index contributed by atoms with van der Waals surface area (Å²) in [6.07, 6.45) is 8.54. The highest BCUT2D eigenvalue weighted by atomic mass is 16.3. The molecule has 0 saturated heterocycles. The first kappa shape index (κ1) is 10.1. The molecule has 0 spiro atoms. The molecule has 86 valence electrons. The molecule has 0 radical (unpaired) electrons. The second kappa shape index (κ2) is 3.72. The second-order valence-electron chi connectivity index (χ2n) is 5.97. The van der Waals surface area contributed by atoms with Gasteiger partial charge in [-0.25, -0.2) is 0 Å². The maximum absolute atomic E-state index is 8.78. The molecule has 3 nitrogen and oxygen atoms in total. The molecular formula is C12H22N2O. The lowest BCUT2D eigenvalue weighted by molar-refractivity contribution is -0.0273. The van der Waals surface area contributed by atoms with Crippen molar-refractivity contribution in [1.82, 2.24) is 10.9 Å². The predicted octanol–water partition coefficient (Wildman–Crippen LogP) is 1.04. The normalized spacial score (nSPS) is 47.4. The smallest absolute Gasteiger partial charge is 0.0569 e. The molecule has 3 heteroatoms. The van der Waals surface area contributed by atoms with Gasteiger partial charge in [-0.05, 0) is 56.3 Å². The van der Waals surface area contributed by atoms with Crippen LogP contribution in [0.4, 0.5) is 0 Å². The zero-order valence-electron chi connectivity index (χ0n) is 9.34. The van der Waals surface area contributed by atoms with Crippen molar-refractivity contribution >= 4 is 0 Å². The molecule has 0 aliphatic heterocycles. The Balaban J connectivity index is 1.65. The molecule has 0 aromatic heterocycles. The summed E-state index contributed by atoms with van der Waals surface area (Å²) >= 11 is 0. The van der Waals surface area contributed by atoms with E-state index in [1.165, 1.54) is 38.5 Å². The van der Waals surface area contributed by atoms with Gasteiger partial charge in [0.1, 0.15) is 0 Å². The van der Waals surface area contributed by atoms with Gasteiger partial charge in [-0.1, -0.05) is 0 Å². The van der Waals surface area contributed by atoms with Crippen LogP contribution in [-0.2, 0) is 0 Å². The van der Waals surface area contributed by atoms with Gasteiger partial charge in [-0.3, -0.25) is 10.9 Å². The average Bonchev–Trinajstić information content (AvgIpc) is 2.15. The van der Waals surface area contributed by atoms with Gasteiger partial charge in [0.2, 0.25) is 0 Å². The lowest BCUT2D eigenvalue weighted by Gasteiger charge is -2.57. The highest BCUT2D eigenvalue weighted by Crippen LogP contribution is 2.55. The Labute approximate surface area is 91.6 Å². The molecule has 15 heavy (non-hydrogen) atoms. The van der Waals surface area contributed by atoms with Crippen LogP contribution in [-0.4, -0.2) is 23.8 Å². The topological polar surface area (TPSA) is 44.3 Å². The molecule has 4 aliphatic rings. The number of aliphatic hydroxyl groups excluding tert-OH is 1. The first-order chi connectivity index (χ1) is 7.30. The Morgan fingerprint density at radius 3 is 2.00 bits per heavy atom. The van der Waals surface area contributed by atoms with Crippen LogP contribution in [0.1, 0.15) is 38.5 Å². The van der Waals surface area contributed by atoms with Crippen molar-refractivity contribution in [1.29, 1.82) is 0 Å². The van der Waals surface area contributed by atoms with E-state index < -0.39 is 0 Å². The van der Waals surface area contributed by atoms with E-state index in [2.05, 4.69) is 10.9 Å². The molecule has 4 bridgehead atoms. The van der Waals surface area contributed by atoms with Crippen molar-refractivity contribution in [2.75, 3.05) is 13.2 Å². The van der Waals surface area contributed by atoms with Gasteiger partial charge in [-0.15, -0.1) is 0 Å². The minimum atomic E-state index is 0.222. The number of rotatable bonds is 4. The van der Waals surface area contributed by atoms with E-state index in [-0.39, 0.29) is 6.61 Å². The molecular weight excluding hydrogens is 188 g/mol. The van der Waals surface area contributed by atoms with Crippen LogP contribution in [0.5, 0.6) is 0 Å². The van der Waals surface area contributed by atoms with Crippen LogP contribution < -0.4 is 10.9 Å². The van der Waals surface area contributed by atoms with E-state index in [0.717, 1.165) is 17.8 Å². The summed E-state index contributed by atoms with van der Waals surface area (Å²) in [4.78, 5) is 0. The standard InChI is InChI=1S/C12H22N2O/c15-2-1-13-14-12-6-9-3-10(7-12)5-11(4-9)8-12/h9-11,13-15H,1-8H2. The molecule has 0 unspecified atom stereocenters. The molecule has 0 aromatic carbocycles. The fourth-order valence-corrected chi connectivity index (χ4v) is 4.57. The number of hydrogen-bond acceptors (Lipinski definition) is 3. The van der Waals surface area contributed by atoms with Crippen LogP contribution in [0.25, 0.3) is 0 Å². The van der Waals surface area contributed by atoms with Gasteiger partial charge in [0.05, 0.1) is 6.61 Å². The molecule has 0 amide bonds. The molecule has 0 atom stereocenters. The van der Waals surface area contributed by atoms with E-state index in [4.69, 9.17) is 5.11 Å². The summed E-state index contributed by atoms with van der Waals surface area (Å²) in [6.45, 7) is 0.890. The quantitative estimate of drug-likeness (QED) is 0.480. The van der Waals surface area contributed by atoms with Crippen LogP contribution in [0, 0.1) is 17.8 Å². The summed E-state index contributed by atoms with van der Waals surface area (Å²) < 4.78 is 0. The summed E-state index contributed by atoms with van der Waals surface area (Å²) in [5.74, 6) is 2.96. The van der Waals surface area contributed by atoms with Crippen molar-refractivity contribution in [3.05, 3.63) is 0 Å². The van der Waals surface area contributed by atoms with Gasteiger partial charge in [-0.2, -0.15) is 0 Å². The van der Waals surface area contributed by atoms with Gasteiger partial charge >= 0.3 is 0 Å². The van der Waals surface area contributed by atoms with Gasteiger partial charge < -0.3 is 5.11 Å². The largest absolute Gasteiger partial charge is 0.395 e. The van der Waals surface area contributed by atoms with E-state index >= 15 is 0 Å². The first-order valence-corrected chi connectivity index (χ1v) is 6.40. The third-order valence-corrected chi connectivity index (χ3v) is 4.63. The number of hydrogen-bond donors (Lipinski definition) is 3. The molecule has 4 saturated carbocycles. The van der Waals surface area contributed by atoms with Crippen molar-refractivity contribution in [3.8, 4) is 0 Å². The molecule has 0 heterocycles. The summed E-state index contributed by atoms with van der Waals surface area (Å²) in [5.41, 5.74) is 7.09. The Hall–Kier alpha value is -0.120. The van der Waals surface area contributed by atoms with Gasteiger partial charge in [0, 0.05) is 12.1 Å². The first-order valence-electron chi connectivity index (χ1n) is 6.40. The molecule has 4 rings (SSSR count). The monoisotopic (exact) mass is 210 g/mol. The average molecular weight is 210 g/mol. The lowest BCUT2D eigenvalue weighted by Crippen LogP contribution is -2.62. The molecule has 4 aliphatic carbocycles. The Morgan fingerprint density at radius 2 is 1.53 bits per heavy atom. The zero-order chi connectivity index (χ0) is 10.3. The Morgan fingerprint density at radius 1 is 1.00 bits per heavy atom.